The van der Waals surface area contributed by atoms with E-state index in [9.17, 15) is 4.79 Å². The highest BCUT2D eigenvalue weighted by Gasteiger charge is 2.55. The number of benzene rings is 2. The van der Waals surface area contributed by atoms with E-state index in [1.165, 1.54) is 66.0 Å². The second kappa shape index (κ2) is 5.80. The molecule has 0 N–H and O–H groups in total. The Morgan fingerprint density at radius 1 is 0.889 bits per heavy atom. The third-order valence-corrected chi connectivity index (χ3v) is 8.15. The highest BCUT2D eigenvalue weighted by molar-refractivity contribution is 5.96. The molecule has 3 atom stereocenters. The van der Waals surface area contributed by atoms with Crippen LogP contribution in [0, 0.1) is 11.8 Å². The van der Waals surface area contributed by atoms with Crippen LogP contribution in [-0.4, -0.2) is 5.78 Å². The molecule has 1 heteroatoms. The van der Waals surface area contributed by atoms with Gasteiger partial charge in [-0.3, -0.25) is 4.79 Å². The zero-order valence-corrected chi connectivity index (χ0v) is 16.0. The molecule has 2 aromatic rings. The highest BCUT2D eigenvalue weighted by atomic mass is 16.1. The predicted molar refractivity (Wildman–Crippen MR) is 110 cm³/mol. The smallest absolute Gasteiger partial charge is 0.144 e. The first-order chi connectivity index (χ1) is 13.2. The van der Waals surface area contributed by atoms with Crippen molar-refractivity contribution in [2.24, 2.45) is 11.8 Å². The Kier molecular flexibility index (Phi) is 3.46. The number of aryl methyl sites for hydroxylation is 1. The quantitative estimate of drug-likeness (QED) is 0.553. The van der Waals surface area contributed by atoms with E-state index < -0.39 is 0 Å². The summed E-state index contributed by atoms with van der Waals surface area (Å²) in [4.78, 5) is 13.1. The number of carbonyl (C=O) groups is 1. The van der Waals surface area contributed by atoms with Gasteiger partial charge in [0.15, 0.2) is 0 Å². The van der Waals surface area contributed by atoms with E-state index in [0.717, 1.165) is 25.2 Å². The summed E-state index contributed by atoms with van der Waals surface area (Å²) < 4.78 is 0. The molecule has 27 heavy (non-hydrogen) atoms. The highest BCUT2D eigenvalue weighted by Crippen LogP contribution is 2.57. The molecule has 6 rings (SSSR count). The third kappa shape index (κ3) is 2.27. The van der Waals surface area contributed by atoms with Crippen molar-refractivity contribution in [2.75, 3.05) is 0 Å². The van der Waals surface area contributed by atoms with Gasteiger partial charge in [0.2, 0.25) is 0 Å². The van der Waals surface area contributed by atoms with Gasteiger partial charge in [-0.25, -0.2) is 0 Å². The second-order valence-corrected chi connectivity index (χ2v) is 9.54. The Hall–Kier alpha value is -1.89. The molecule has 2 fully saturated rings. The van der Waals surface area contributed by atoms with Gasteiger partial charge in [0.05, 0.1) is 5.41 Å². The standard InChI is InChI=1S/C26H28O/c27-25-11-9-21-14-22-13-19(18-4-2-1-3-5-18)7-8-20(22)15-24(21)26(25)16-17-6-10-23(26)12-17/h6-8,10,13-15,17-18,23H,1-5,9,11-12,16H2. The number of fused-ring (bicyclic) bond motifs is 6. The van der Waals surface area contributed by atoms with Gasteiger partial charge in [-0.1, -0.05) is 55.7 Å². The lowest BCUT2D eigenvalue weighted by Gasteiger charge is -2.39. The van der Waals surface area contributed by atoms with Crippen LogP contribution in [0.4, 0.5) is 0 Å². The minimum atomic E-state index is -0.205. The van der Waals surface area contributed by atoms with Gasteiger partial charge in [0, 0.05) is 6.42 Å². The predicted octanol–water partition coefficient (Wildman–Crippen LogP) is 6.24. The van der Waals surface area contributed by atoms with Crippen molar-refractivity contribution >= 4 is 16.6 Å². The number of hydrogen-bond acceptors (Lipinski definition) is 1. The Morgan fingerprint density at radius 3 is 2.56 bits per heavy atom. The zero-order chi connectivity index (χ0) is 18.0. The maximum Gasteiger partial charge on any atom is 0.144 e. The van der Waals surface area contributed by atoms with Crippen LogP contribution in [0.3, 0.4) is 0 Å². The second-order valence-electron chi connectivity index (χ2n) is 9.54. The van der Waals surface area contributed by atoms with Crippen molar-refractivity contribution in [1.82, 2.24) is 0 Å². The number of rotatable bonds is 1. The first-order valence-corrected chi connectivity index (χ1v) is 11.0. The van der Waals surface area contributed by atoms with Crippen molar-refractivity contribution in [2.45, 2.75) is 69.1 Å². The molecule has 2 saturated carbocycles. The molecule has 3 unspecified atom stereocenters. The summed E-state index contributed by atoms with van der Waals surface area (Å²) in [5, 5.41) is 2.72. The van der Waals surface area contributed by atoms with Crippen molar-refractivity contribution in [3.63, 3.8) is 0 Å². The molecule has 0 heterocycles. The average molecular weight is 357 g/mol. The van der Waals surface area contributed by atoms with Crippen LogP contribution < -0.4 is 0 Å². The van der Waals surface area contributed by atoms with Crippen LogP contribution in [0.25, 0.3) is 10.8 Å². The number of ketones is 1. The first-order valence-electron chi connectivity index (χ1n) is 11.0. The Labute approximate surface area is 161 Å². The summed E-state index contributed by atoms with van der Waals surface area (Å²) in [6.07, 6.45) is 15.5. The number of hydrogen-bond donors (Lipinski definition) is 0. The van der Waals surface area contributed by atoms with Crippen LogP contribution >= 0.6 is 0 Å². The molecular weight excluding hydrogens is 328 g/mol. The number of carbonyl (C=O) groups excluding carboxylic acids is 1. The van der Waals surface area contributed by atoms with Gasteiger partial charge >= 0.3 is 0 Å². The molecule has 0 radical (unpaired) electrons. The zero-order valence-electron chi connectivity index (χ0n) is 16.0. The number of allylic oxidation sites excluding steroid dienone is 2. The van der Waals surface area contributed by atoms with Crippen LogP contribution in [0.1, 0.15) is 74.0 Å². The largest absolute Gasteiger partial charge is 0.299 e. The topological polar surface area (TPSA) is 17.1 Å². The van der Waals surface area contributed by atoms with Gasteiger partial charge < -0.3 is 0 Å². The summed E-state index contributed by atoms with van der Waals surface area (Å²) >= 11 is 0. The fourth-order valence-corrected chi connectivity index (χ4v) is 6.78. The fourth-order valence-electron chi connectivity index (χ4n) is 6.78. The van der Waals surface area contributed by atoms with Gasteiger partial charge in [-0.05, 0) is 83.4 Å². The van der Waals surface area contributed by atoms with E-state index in [4.69, 9.17) is 0 Å². The molecule has 1 spiro atoms. The van der Waals surface area contributed by atoms with Gasteiger partial charge in [0.25, 0.3) is 0 Å². The summed E-state index contributed by atoms with van der Waals surface area (Å²) in [7, 11) is 0. The molecule has 4 aliphatic carbocycles. The summed E-state index contributed by atoms with van der Waals surface area (Å²) in [5.74, 6) is 2.31. The van der Waals surface area contributed by atoms with E-state index >= 15 is 0 Å². The average Bonchev–Trinajstić information content (AvgIpc) is 3.32. The fraction of sp³-hybridized carbons (Fsp3) is 0.500. The molecule has 0 amide bonds. The SMILES string of the molecule is O=C1CCc2cc3cc(C4CCCCC4)ccc3cc2C12CC1C=CC2C1. The van der Waals surface area contributed by atoms with Crippen LogP contribution in [0.5, 0.6) is 0 Å². The maximum atomic E-state index is 13.1. The minimum absolute atomic E-state index is 0.205. The van der Waals surface area contributed by atoms with Crippen LogP contribution in [-0.2, 0) is 16.6 Å². The van der Waals surface area contributed by atoms with Gasteiger partial charge in [-0.2, -0.15) is 0 Å². The maximum absolute atomic E-state index is 13.1. The summed E-state index contributed by atoms with van der Waals surface area (Å²) in [6.45, 7) is 0. The van der Waals surface area contributed by atoms with E-state index in [1.54, 1.807) is 0 Å². The van der Waals surface area contributed by atoms with Gasteiger partial charge in [0.1, 0.15) is 5.78 Å². The molecule has 4 aliphatic rings. The monoisotopic (exact) mass is 356 g/mol. The van der Waals surface area contributed by atoms with E-state index in [0.29, 0.717) is 17.6 Å². The van der Waals surface area contributed by atoms with Crippen molar-refractivity contribution in [3.05, 3.63) is 59.2 Å². The van der Waals surface area contributed by atoms with E-state index in [2.05, 4.69) is 42.5 Å². The molecule has 1 nitrogen and oxygen atoms in total. The van der Waals surface area contributed by atoms with E-state index in [1.807, 2.05) is 0 Å². The lowest BCUT2D eigenvalue weighted by atomic mass is 9.62. The molecule has 0 saturated heterocycles. The minimum Gasteiger partial charge on any atom is -0.299 e. The van der Waals surface area contributed by atoms with Crippen molar-refractivity contribution < 1.29 is 4.79 Å². The Balaban J connectivity index is 1.47. The molecule has 138 valence electrons. The number of Topliss-reactive ketones (excluding diaryl/α,β-unsaturated/α-hetero) is 1. The van der Waals surface area contributed by atoms with E-state index in [-0.39, 0.29) is 5.41 Å². The first kappa shape index (κ1) is 16.1. The van der Waals surface area contributed by atoms with Crippen molar-refractivity contribution in [3.8, 4) is 0 Å². The Bertz CT molecular complexity index is 962. The molecule has 0 aliphatic heterocycles. The summed E-state index contributed by atoms with van der Waals surface area (Å²) in [5.41, 5.74) is 4.15. The van der Waals surface area contributed by atoms with Crippen LogP contribution in [0.15, 0.2) is 42.5 Å². The molecule has 0 aromatic heterocycles. The molecule has 2 aromatic carbocycles. The molecular formula is C26H28O. The normalized spacial score (nSPS) is 32.5. The van der Waals surface area contributed by atoms with Crippen LogP contribution in [0.2, 0.25) is 0 Å². The Morgan fingerprint density at radius 2 is 1.78 bits per heavy atom. The lowest BCUT2D eigenvalue weighted by molar-refractivity contribution is -0.126. The van der Waals surface area contributed by atoms with Gasteiger partial charge in [-0.15, -0.1) is 0 Å². The molecule has 2 bridgehead atoms. The summed E-state index contributed by atoms with van der Waals surface area (Å²) in [6, 6.07) is 12.0. The van der Waals surface area contributed by atoms with Crippen molar-refractivity contribution in [1.29, 1.82) is 0 Å². The third-order valence-electron chi connectivity index (χ3n) is 8.15. The lowest BCUT2D eigenvalue weighted by Crippen LogP contribution is -2.43.